The van der Waals surface area contributed by atoms with Gasteiger partial charge in [-0.3, -0.25) is 4.79 Å². The average Bonchev–Trinajstić information content (AvgIpc) is 2.51. The Kier molecular flexibility index (Phi) is 2.99. The molecule has 0 amide bonds. The molecule has 12 heavy (non-hydrogen) atoms. The SMILES string of the molecule is CC(CO)Cn1ccnc1C=O. The number of imidazole rings is 1. The molecule has 1 aromatic heterocycles. The predicted octanol–water partition coefficient (Wildman–Crippen LogP) is 0.324. The fourth-order valence-corrected chi connectivity index (χ4v) is 0.987. The molecule has 4 heteroatoms. The Hall–Kier alpha value is -1.16. The second-order valence-electron chi connectivity index (χ2n) is 2.84. The van der Waals surface area contributed by atoms with Crippen LogP contribution in [0.4, 0.5) is 0 Å². The van der Waals surface area contributed by atoms with Crippen LogP contribution >= 0.6 is 0 Å². The van der Waals surface area contributed by atoms with Crippen molar-refractivity contribution in [2.45, 2.75) is 13.5 Å². The van der Waals surface area contributed by atoms with Gasteiger partial charge in [0.25, 0.3) is 0 Å². The summed E-state index contributed by atoms with van der Waals surface area (Å²) >= 11 is 0. The zero-order valence-electron chi connectivity index (χ0n) is 6.97. The summed E-state index contributed by atoms with van der Waals surface area (Å²) in [7, 11) is 0. The second-order valence-corrected chi connectivity index (χ2v) is 2.84. The van der Waals surface area contributed by atoms with Gasteiger partial charge >= 0.3 is 0 Å². The summed E-state index contributed by atoms with van der Waals surface area (Å²) < 4.78 is 1.73. The highest BCUT2D eigenvalue weighted by atomic mass is 16.3. The van der Waals surface area contributed by atoms with Crippen molar-refractivity contribution in [1.29, 1.82) is 0 Å². The van der Waals surface area contributed by atoms with Gasteiger partial charge in [-0.2, -0.15) is 0 Å². The molecule has 0 aliphatic carbocycles. The Balaban J connectivity index is 2.67. The first-order valence-corrected chi connectivity index (χ1v) is 3.85. The van der Waals surface area contributed by atoms with Gasteiger partial charge in [-0.1, -0.05) is 6.92 Å². The molecule has 1 rings (SSSR count). The van der Waals surface area contributed by atoms with Crippen LogP contribution in [0.2, 0.25) is 0 Å². The molecule has 0 bridgehead atoms. The lowest BCUT2D eigenvalue weighted by Crippen LogP contribution is -2.12. The van der Waals surface area contributed by atoms with Crippen molar-refractivity contribution in [2.24, 2.45) is 5.92 Å². The summed E-state index contributed by atoms with van der Waals surface area (Å²) in [6.45, 7) is 2.66. The molecule has 1 aromatic rings. The Morgan fingerprint density at radius 2 is 2.58 bits per heavy atom. The lowest BCUT2D eigenvalue weighted by molar-refractivity contribution is 0.110. The van der Waals surface area contributed by atoms with Gasteiger partial charge in [0.2, 0.25) is 0 Å². The van der Waals surface area contributed by atoms with Crippen LogP contribution in [0.5, 0.6) is 0 Å². The second kappa shape index (κ2) is 4.01. The number of carbonyl (C=O) groups is 1. The molecule has 0 spiro atoms. The number of nitrogens with zero attached hydrogens (tertiary/aromatic N) is 2. The Morgan fingerprint density at radius 3 is 3.17 bits per heavy atom. The van der Waals surface area contributed by atoms with Gasteiger partial charge in [-0.25, -0.2) is 4.98 Å². The quantitative estimate of drug-likeness (QED) is 0.659. The van der Waals surface area contributed by atoms with Crippen LogP contribution in [0.1, 0.15) is 17.5 Å². The highest BCUT2D eigenvalue weighted by molar-refractivity contribution is 5.69. The summed E-state index contributed by atoms with van der Waals surface area (Å²) in [5.41, 5.74) is 0. The molecule has 0 aliphatic heterocycles. The van der Waals surface area contributed by atoms with Gasteiger partial charge in [0.15, 0.2) is 12.1 Å². The molecule has 66 valence electrons. The van der Waals surface area contributed by atoms with Gasteiger partial charge in [-0.15, -0.1) is 0 Å². The van der Waals surface area contributed by atoms with Crippen LogP contribution in [-0.4, -0.2) is 27.6 Å². The molecular weight excluding hydrogens is 156 g/mol. The minimum absolute atomic E-state index is 0.122. The van der Waals surface area contributed by atoms with E-state index in [9.17, 15) is 4.79 Å². The monoisotopic (exact) mass is 168 g/mol. The lowest BCUT2D eigenvalue weighted by Gasteiger charge is -2.08. The number of aldehydes is 1. The fourth-order valence-electron chi connectivity index (χ4n) is 0.987. The molecule has 0 aromatic carbocycles. The van der Waals surface area contributed by atoms with Crippen molar-refractivity contribution in [3.8, 4) is 0 Å². The summed E-state index contributed by atoms with van der Waals surface area (Å²) in [5.74, 6) is 0.563. The van der Waals surface area contributed by atoms with Gasteiger partial charge in [0.1, 0.15) is 0 Å². The predicted molar refractivity (Wildman–Crippen MR) is 43.9 cm³/mol. The number of aliphatic hydroxyl groups excluding tert-OH is 1. The van der Waals surface area contributed by atoms with E-state index in [0.29, 0.717) is 18.7 Å². The molecule has 1 N–H and O–H groups in total. The maximum atomic E-state index is 10.4. The van der Waals surface area contributed by atoms with Crippen molar-refractivity contribution >= 4 is 6.29 Å². The number of aliphatic hydroxyl groups is 1. The van der Waals surface area contributed by atoms with Gasteiger partial charge < -0.3 is 9.67 Å². The maximum Gasteiger partial charge on any atom is 0.185 e. The zero-order chi connectivity index (χ0) is 8.97. The van der Waals surface area contributed by atoms with Crippen LogP contribution in [0, 0.1) is 5.92 Å². The molecule has 0 fully saturated rings. The first-order valence-electron chi connectivity index (χ1n) is 3.85. The molecule has 0 radical (unpaired) electrons. The summed E-state index contributed by atoms with van der Waals surface area (Å²) in [4.78, 5) is 14.2. The third-order valence-electron chi connectivity index (χ3n) is 1.67. The van der Waals surface area contributed by atoms with Crippen molar-refractivity contribution in [3.05, 3.63) is 18.2 Å². The summed E-state index contributed by atoms with van der Waals surface area (Å²) in [6, 6.07) is 0. The van der Waals surface area contributed by atoms with E-state index in [2.05, 4.69) is 4.98 Å². The van der Waals surface area contributed by atoms with Crippen LogP contribution in [-0.2, 0) is 6.54 Å². The van der Waals surface area contributed by atoms with Crippen LogP contribution < -0.4 is 0 Å². The average molecular weight is 168 g/mol. The van der Waals surface area contributed by atoms with E-state index < -0.39 is 0 Å². The van der Waals surface area contributed by atoms with E-state index in [-0.39, 0.29) is 12.5 Å². The summed E-state index contributed by atoms with van der Waals surface area (Å²) in [6.07, 6.45) is 4.02. The maximum absolute atomic E-state index is 10.4. The molecule has 1 atom stereocenters. The van der Waals surface area contributed by atoms with E-state index in [1.165, 1.54) is 0 Å². The van der Waals surface area contributed by atoms with Crippen molar-refractivity contribution in [3.63, 3.8) is 0 Å². The molecular formula is C8H12N2O2. The van der Waals surface area contributed by atoms with Crippen LogP contribution in [0.3, 0.4) is 0 Å². The number of hydrogen-bond donors (Lipinski definition) is 1. The number of aromatic nitrogens is 2. The Labute approximate surface area is 70.9 Å². The largest absolute Gasteiger partial charge is 0.396 e. The van der Waals surface area contributed by atoms with Gasteiger partial charge in [-0.05, 0) is 5.92 Å². The molecule has 1 heterocycles. The number of hydrogen-bond acceptors (Lipinski definition) is 3. The molecule has 0 saturated heterocycles. The number of carbonyl (C=O) groups excluding carboxylic acids is 1. The topological polar surface area (TPSA) is 55.1 Å². The highest BCUT2D eigenvalue weighted by Gasteiger charge is 2.04. The fraction of sp³-hybridized carbons (Fsp3) is 0.500. The van der Waals surface area contributed by atoms with Crippen molar-refractivity contribution in [2.75, 3.05) is 6.61 Å². The standard InChI is InChI=1S/C8H12N2O2/c1-7(5-11)4-10-3-2-9-8(10)6-12/h2-3,6-7,11H,4-5H2,1H3. The van der Waals surface area contributed by atoms with E-state index in [1.54, 1.807) is 17.0 Å². The van der Waals surface area contributed by atoms with Crippen LogP contribution in [0.25, 0.3) is 0 Å². The molecule has 4 nitrogen and oxygen atoms in total. The van der Waals surface area contributed by atoms with Crippen LogP contribution in [0.15, 0.2) is 12.4 Å². The molecule has 0 aliphatic rings. The minimum Gasteiger partial charge on any atom is -0.396 e. The number of rotatable bonds is 4. The normalized spacial score (nSPS) is 12.8. The zero-order valence-corrected chi connectivity index (χ0v) is 6.97. The van der Waals surface area contributed by atoms with Crippen molar-refractivity contribution < 1.29 is 9.90 Å². The summed E-state index contributed by atoms with van der Waals surface area (Å²) in [5, 5.41) is 8.78. The lowest BCUT2D eigenvalue weighted by atomic mass is 10.2. The van der Waals surface area contributed by atoms with E-state index >= 15 is 0 Å². The van der Waals surface area contributed by atoms with Crippen molar-refractivity contribution in [1.82, 2.24) is 9.55 Å². The van der Waals surface area contributed by atoms with E-state index in [1.807, 2.05) is 6.92 Å². The first kappa shape index (κ1) is 8.93. The smallest absolute Gasteiger partial charge is 0.185 e. The first-order chi connectivity index (χ1) is 5.77. The molecule has 1 unspecified atom stereocenters. The van der Waals surface area contributed by atoms with E-state index in [0.717, 1.165) is 0 Å². The Morgan fingerprint density at radius 1 is 1.83 bits per heavy atom. The van der Waals surface area contributed by atoms with Gasteiger partial charge in [0.05, 0.1) is 0 Å². The highest BCUT2D eigenvalue weighted by Crippen LogP contribution is 2.01. The van der Waals surface area contributed by atoms with Gasteiger partial charge in [0, 0.05) is 25.5 Å². The molecule has 0 saturated carbocycles. The van der Waals surface area contributed by atoms with E-state index in [4.69, 9.17) is 5.11 Å². The minimum atomic E-state index is 0.122. The third-order valence-corrected chi connectivity index (χ3v) is 1.67. The third kappa shape index (κ3) is 1.92. The Bertz CT molecular complexity index is 257.